The first-order valence-electron chi connectivity index (χ1n) is 8.55. The fourth-order valence-corrected chi connectivity index (χ4v) is 3.30. The third-order valence-corrected chi connectivity index (χ3v) is 4.55. The second kappa shape index (κ2) is 9.62. The van der Waals surface area contributed by atoms with E-state index in [-0.39, 0.29) is 28.4 Å². The first kappa shape index (κ1) is 21.1. The average Bonchev–Trinajstić information content (AvgIpc) is 2.62. The summed E-state index contributed by atoms with van der Waals surface area (Å²) in [6.45, 7) is 4.21. The van der Waals surface area contributed by atoms with E-state index in [2.05, 4.69) is 5.32 Å². The molecular weight excluding hydrogens is 387 g/mol. The summed E-state index contributed by atoms with van der Waals surface area (Å²) in [6, 6.07) is 10.5. The van der Waals surface area contributed by atoms with Crippen LogP contribution < -0.4 is 10.1 Å². The van der Waals surface area contributed by atoms with Crippen LogP contribution in [0.25, 0.3) is 0 Å². The molecule has 1 N–H and O–H groups in total. The molecule has 0 spiro atoms. The third-order valence-electron chi connectivity index (χ3n) is 3.98. The number of nitrogens with zero attached hydrogens (tertiary/aromatic N) is 1. The van der Waals surface area contributed by atoms with Crippen molar-refractivity contribution in [3.63, 3.8) is 0 Å². The number of para-hydroxylation sites is 1. The molecule has 5 nitrogen and oxygen atoms in total. The predicted octanol–water partition coefficient (Wildman–Crippen LogP) is 4.80. The lowest BCUT2D eigenvalue weighted by atomic mass is 10.1. The molecule has 2 aromatic carbocycles. The number of hydrogen-bond donors (Lipinski definition) is 1. The van der Waals surface area contributed by atoms with Crippen LogP contribution in [0.1, 0.15) is 29.3 Å². The molecule has 0 unspecified atom stereocenters. The maximum Gasteiger partial charge on any atom is 0.254 e. The number of anilines is 1. The van der Waals surface area contributed by atoms with Crippen LogP contribution in [0.4, 0.5) is 5.69 Å². The van der Waals surface area contributed by atoms with E-state index < -0.39 is 0 Å². The Bertz CT molecular complexity index is 817. The number of hydrogen-bond acceptors (Lipinski definition) is 3. The second-order valence-corrected chi connectivity index (χ2v) is 6.88. The van der Waals surface area contributed by atoms with Gasteiger partial charge in [0.1, 0.15) is 6.54 Å². The Morgan fingerprint density at radius 3 is 2.33 bits per heavy atom. The van der Waals surface area contributed by atoms with Crippen LogP contribution in [0, 0.1) is 6.92 Å². The Morgan fingerprint density at radius 1 is 1.15 bits per heavy atom. The summed E-state index contributed by atoms with van der Waals surface area (Å²) in [5, 5.41) is 3.33. The SMILES string of the molecule is CCCN(CC(=O)Nc1ccccc1C)C(=O)c1cc(Cl)c(OC)c(Cl)c1. The monoisotopic (exact) mass is 408 g/mol. The molecular formula is C20H22Cl2N2O3. The first-order chi connectivity index (χ1) is 12.9. The van der Waals surface area contributed by atoms with E-state index in [4.69, 9.17) is 27.9 Å². The number of carbonyl (C=O) groups is 2. The molecule has 2 amide bonds. The van der Waals surface area contributed by atoms with Gasteiger partial charge in [0.2, 0.25) is 5.91 Å². The van der Waals surface area contributed by atoms with Gasteiger partial charge in [-0.2, -0.15) is 0 Å². The third kappa shape index (κ3) is 5.37. The van der Waals surface area contributed by atoms with Crippen LogP contribution in [-0.2, 0) is 4.79 Å². The molecule has 0 aliphatic rings. The van der Waals surface area contributed by atoms with Crippen molar-refractivity contribution >= 4 is 40.7 Å². The molecule has 0 aromatic heterocycles. The normalized spacial score (nSPS) is 10.4. The minimum absolute atomic E-state index is 0.0672. The molecule has 0 heterocycles. The highest BCUT2D eigenvalue weighted by Gasteiger charge is 2.21. The van der Waals surface area contributed by atoms with Crippen molar-refractivity contribution in [2.24, 2.45) is 0 Å². The smallest absolute Gasteiger partial charge is 0.254 e. The summed E-state index contributed by atoms with van der Waals surface area (Å²) in [6.07, 6.45) is 0.709. The summed E-state index contributed by atoms with van der Waals surface area (Å²) in [5.74, 6) is -0.269. The van der Waals surface area contributed by atoms with Crippen molar-refractivity contribution in [1.29, 1.82) is 0 Å². The van der Waals surface area contributed by atoms with Gasteiger partial charge in [0.15, 0.2) is 5.75 Å². The zero-order valence-electron chi connectivity index (χ0n) is 15.5. The maximum atomic E-state index is 12.9. The molecule has 0 saturated heterocycles. The van der Waals surface area contributed by atoms with E-state index in [1.54, 1.807) is 0 Å². The number of halogens is 2. The number of rotatable bonds is 7. The van der Waals surface area contributed by atoms with E-state index in [1.165, 1.54) is 24.1 Å². The van der Waals surface area contributed by atoms with Crippen molar-refractivity contribution in [1.82, 2.24) is 4.90 Å². The highest BCUT2D eigenvalue weighted by molar-refractivity contribution is 6.37. The standard InChI is InChI=1S/C20H22Cl2N2O3/c1-4-9-24(12-18(25)23-17-8-6-5-7-13(17)2)20(26)14-10-15(21)19(27-3)16(22)11-14/h5-8,10-11H,4,9,12H2,1-3H3,(H,23,25). The number of benzene rings is 2. The lowest BCUT2D eigenvalue weighted by molar-refractivity contribution is -0.116. The Hall–Kier alpha value is -2.24. The van der Waals surface area contributed by atoms with E-state index in [1.807, 2.05) is 38.1 Å². The first-order valence-corrected chi connectivity index (χ1v) is 9.30. The van der Waals surface area contributed by atoms with Crippen molar-refractivity contribution in [2.75, 3.05) is 25.5 Å². The summed E-state index contributed by atoms with van der Waals surface area (Å²) >= 11 is 12.3. The number of aryl methyl sites for hydroxylation is 1. The zero-order valence-corrected chi connectivity index (χ0v) is 17.0. The highest BCUT2D eigenvalue weighted by Crippen LogP contribution is 2.34. The largest absolute Gasteiger partial charge is 0.494 e. The predicted molar refractivity (Wildman–Crippen MR) is 109 cm³/mol. The molecule has 27 heavy (non-hydrogen) atoms. The quantitative estimate of drug-likeness (QED) is 0.715. The Balaban J connectivity index is 2.17. The van der Waals surface area contributed by atoms with Gasteiger partial charge in [-0.25, -0.2) is 0 Å². The summed E-state index contributed by atoms with van der Waals surface area (Å²) in [5.41, 5.74) is 1.98. The van der Waals surface area contributed by atoms with Gasteiger partial charge in [-0.05, 0) is 37.1 Å². The molecule has 0 fully saturated rings. The summed E-state index contributed by atoms with van der Waals surface area (Å²) in [7, 11) is 1.45. The molecule has 0 aliphatic heterocycles. The van der Waals surface area contributed by atoms with Gasteiger partial charge in [0.25, 0.3) is 5.91 Å². The van der Waals surface area contributed by atoms with E-state index >= 15 is 0 Å². The van der Waals surface area contributed by atoms with Crippen LogP contribution in [0.5, 0.6) is 5.75 Å². The van der Waals surface area contributed by atoms with Crippen molar-refractivity contribution < 1.29 is 14.3 Å². The Kier molecular flexibility index (Phi) is 7.51. The fraction of sp³-hybridized carbons (Fsp3) is 0.300. The number of ether oxygens (including phenoxy) is 1. The lowest BCUT2D eigenvalue weighted by Gasteiger charge is -2.22. The molecule has 2 aromatic rings. The lowest BCUT2D eigenvalue weighted by Crippen LogP contribution is -2.38. The minimum atomic E-state index is -0.316. The molecule has 0 bridgehead atoms. The van der Waals surface area contributed by atoms with Crippen LogP contribution in [-0.4, -0.2) is 36.9 Å². The van der Waals surface area contributed by atoms with Crippen molar-refractivity contribution in [2.45, 2.75) is 20.3 Å². The average molecular weight is 409 g/mol. The van der Waals surface area contributed by atoms with Gasteiger partial charge in [-0.3, -0.25) is 9.59 Å². The molecule has 0 saturated carbocycles. The van der Waals surface area contributed by atoms with Gasteiger partial charge in [-0.15, -0.1) is 0 Å². The second-order valence-electron chi connectivity index (χ2n) is 6.06. The van der Waals surface area contributed by atoms with Gasteiger partial charge < -0.3 is 15.0 Å². The molecule has 0 aliphatic carbocycles. The van der Waals surface area contributed by atoms with Crippen molar-refractivity contribution in [3.05, 3.63) is 57.6 Å². The van der Waals surface area contributed by atoms with Crippen LogP contribution >= 0.6 is 23.2 Å². The fourth-order valence-electron chi connectivity index (χ4n) is 2.66. The molecule has 0 radical (unpaired) electrons. The topological polar surface area (TPSA) is 58.6 Å². The van der Waals surface area contributed by atoms with E-state index in [9.17, 15) is 9.59 Å². The van der Waals surface area contributed by atoms with Gasteiger partial charge >= 0.3 is 0 Å². The van der Waals surface area contributed by atoms with Crippen LogP contribution in [0.3, 0.4) is 0 Å². The summed E-state index contributed by atoms with van der Waals surface area (Å²) < 4.78 is 5.11. The highest BCUT2D eigenvalue weighted by atomic mass is 35.5. The van der Waals surface area contributed by atoms with Crippen molar-refractivity contribution in [3.8, 4) is 5.75 Å². The zero-order chi connectivity index (χ0) is 20.0. The molecule has 0 atom stereocenters. The van der Waals surface area contributed by atoms with Crippen LogP contribution in [0.2, 0.25) is 10.0 Å². The molecule has 7 heteroatoms. The summed E-state index contributed by atoms with van der Waals surface area (Å²) in [4.78, 5) is 26.8. The Labute approximate surface area is 169 Å². The van der Waals surface area contributed by atoms with Gasteiger partial charge in [0, 0.05) is 17.8 Å². The number of nitrogens with one attached hydrogen (secondary N) is 1. The maximum absolute atomic E-state index is 12.9. The Morgan fingerprint density at radius 2 is 1.78 bits per heavy atom. The van der Waals surface area contributed by atoms with Gasteiger partial charge in [-0.1, -0.05) is 48.3 Å². The minimum Gasteiger partial charge on any atom is -0.494 e. The van der Waals surface area contributed by atoms with E-state index in [0.29, 0.717) is 24.3 Å². The van der Waals surface area contributed by atoms with Gasteiger partial charge in [0.05, 0.1) is 17.2 Å². The molecule has 144 valence electrons. The number of amides is 2. The van der Waals surface area contributed by atoms with E-state index in [0.717, 1.165) is 11.3 Å². The number of methoxy groups -OCH3 is 1. The van der Waals surface area contributed by atoms with Crippen LogP contribution in [0.15, 0.2) is 36.4 Å². The number of carbonyl (C=O) groups excluding carboxylic acids is 2. The molecule has 2 rings (SSSR count).